The van der Waals surface area contributed by atoms with Crippen molar-refractivity contribution in [1.29, 1.82) is 0 Å². The molecule has 0 radical (unpaired) electrons. The molecule has 0 bridgehead atoms. The molecule has 1 unspecified atom stereocenters. The second-order valence-corrected chi connectivity index (χ2v) is 6.24. The minimum Gasteiger partial charge on any atom is -0.315 e. The van der Waals surface area contributed by atoms with E-state index >= 15 is 0 Å². The van der Waals surface area contributed by atoms with Crippen LogP contribution in [0.2, 0.25) is 5.02 Å². The van der Waals surface area contributed by atoms with Gasteiger partial charge in [0, 0.05) is 30.9 Å². The molecule has 1 aliphatic heterocycles. The minimum absolute atomic E-state index is 0.166. The fourth-order valence-electron chi connectivity index (χ4n) is 3.13. The molecular formula is C18H22ClN3. The van der Waals surface area contributed by atoms with Gasteiger partial charge in [-0.05, 0) is 49.2 Å². The Morgan fingerprint density at radius 3 is 2.91 bits per heavy atom. The monoisotopic (exact) mass is 315 g/mol. The molecule has 0 aliphatic carbocycles. The number of hydrogen-bond donors (Lipinski definition) is 1. The summed E-state index contributed by atoms with van der Waals surface area (Å²) in [5, 5.41) is 4.25. The fourth-order valence-corrected chi connectivity index (χ4v) is 3.33. The summed E-state index contributed by atoms with van der Waals surface area (Å²) >= 11 is 6.24. The van der Waals surface area contributed by atoms with Crippen LogP contribution in [0.1, 0.15) is 29.3 Å². The Balaban J connectivity index is 2.03. The van der Waals surface area contributed by atoms with Gasteiger partial charge in [-0.3, -0.25) is 9.88 Å². The van der Waals surface area contributed by atoms with Crippen molar-refractivity contribution in [2.24, 2.45) is 0 Å². The van der Waals surface area contributed by atoms with Gasteiger partial charge in [0.25, 0.3) is 0 Å². The largest absolute Gasteiger partial charge is 0.315 e. The number of halogens is 1. The fraction of sp³-hybridized carbons (Fsp3) is 0.389. The lowest BCUT2D eigenvalue weighted by molar-refractivity contribution is 0.236. The van der Waals surface area contributed by atoms with Crippen LogP contribution in [0.4, 0.5) is 0 Å². The average molecular weight is 316 g/mol. The van der Waals surface area contributed by atoms with Crippen molar-refractivity contribution in [2.75, 3.05) is 26.2 Å². The third kappa shape index (κ3) is 3.49. The van der Waals surface area contributed by atoms with E-state index in [1.54, 1.807) is 0 Å². The number of hydrogen-bond acceptors (Lipinski definition) is 3. The van der Waals surface area contributed by atoms with Crippen LogP contribution in [0.3, 0.4) is 0 Å². The van der Waals surface area contributed by atoms with Crippen molar-refractivity contribution in [3.8, 4) is 0 Å². The van der Waals surface area contributed by atoms with Crippen LogP contribution in [0.5, 0.6) is 0 Å². The molecule has 2 heterocycles. The first-order valence-corrected chi connectivity index (χ1v) is 8.25. The first-order valence-electron chi connectivity index (χ1n) is 7.87. The Bertz CT molecular complexity index is 621. The predicted octanol–water partition coefficient (Wildman–Crippen LogP) is 3.43. The van der Waals surface area contributed by atoms with E-state index in [9.17, 15) is 0 Å². The van der Waals surface area contributed by atoms with Gasteiger partial charge in [0.1, 0.15) is 0 Å². The van der Waals surface area contributed by atoms with Gasteiger partial charge in [0.2, 0.25) is 0 Å². The Hall–Kier alpha value is -1.42. The number of pyridine rings is 1. The maximum absolute atomic E-state index is 6.24. The zero-order chi connectivity index (χ0) is 15.4. The number of aryl methyl sites for hydroxylation is 1. The molecule has 116 valence electrons. The molecule has 22 heavy (non-hydrogen) atoms. The highest BCUT2D eigenvalue weighted by Gasteiger charge is 2.25. The molecule has 0 amide bonds. The van der Waals surface area contributed by atoms with Gasteiger partial charge in [-0.1, -0.05) is 29.8 Å². The van der Waals surface area contributed by atoms with Crippen LogP contribution < -0.4 is 5.32 Å². The molecule has 1 aromatic heterocycles. The summed E-state index contributed by atoms with van der Waals surface area (Å²) in [6, 6.07) is 12.5. The van der Waals surface area contributed by atoms with Crippen molar-refractivity contribution in [1.82, 2.24) is 15.2 Å². The lowest BCUT2D eigenvalue weighted by Gasteiger charge is -2.31. The molecule has 1 fully saturated rings. The SMILES string of the molecule is Cc1cccnc1C(c1cccc(Cl)c1)N1CCCNCC1. The quantitative estimate of drug-likeness (QED) is 0.940. The normalized spacial score (nSPS) is 17.9. The first-order chi connectivity index (χ1) is 10.8. The zero-order valence-electron chi connectivity index (χ0n) is 12.9. The summed E-state index contributed by atoms with van der Waals surface area (Å²) in [5.74, 6) is 0. The first kappa shape index (κ1) is 15.5. The third-order valence-electron chi connectivity index (χ3n) is 4.21. The van der Waals surface area contributed by atoms with Gasteiger partial charge in [-0.15, -0.1) is 0 Å². The van der Waals surface area contributed by atoms with Crippen molar-refractivity contribution in [3.05, 3.63) is 64.4 Å². The molecule has 0 spiro atoms. The number of nitrogens with one attached hydrogen (secondary N) is 1. The maximum Gasteiger partial charge on any atom is 0.0780 e. The van der Waals surface area contributed by atoms with E-state index < -0.39 is 0 Å². The highest BCUT2D eigenvalue weighted by molar-refractivity contribution is 6.30. The van der Waals surface area contributed by atoms with Gasteiger partial charge in [-0.25, -0.2) is 0 Å². The summed E-state index contributed by atoms with van der Waals surface area (Å²) in [6.07, 6.45) is 3.04. The maximum atomic E-state index is 6.24. The summed E-state index contributed by atoms with van der Waals surface area (Å²) < 4.78 is 0. The zero-order valence-corrected chi connectivity index (χ0v) is 13.7. The molecule has 1 N–H and O–H groups in total. The molecule has 1 aromatic carbocycles. The van der Waals surface area contributed by atoms with Gasteiger partial charge in [0.05, 0.1) is 11.7 Å². The van der Waals surface area contributed by atoms with Gasteiger partial charge >= 0.3 is 0 Å². The minimum atomic E-state index is 0.166. The molecule has 1 atom stereocenters. The Kier molecular flexibility index (Phi) is 5.08. The van der Waals surface area contributed by atoms with Crippen LogP contribution in [-0.2, 0) is 0 Å². The Morgan fingerprint density at radius 1 is 1.18 bits per heavy atom. The molecular weight excluding hydrogens is 294 g/mol. The molecule has 3 rings (SSSR count). The van der Waals surface area contributed by atoms with E-state index in [0.717, 1.165) is 43.3 Å². The van der Waals surface area contributed by atoms with Crippen molar-refractivity contribution >= 4 is 11.6 Å². The van der Waals surface area contributed by atoms with Crippen LogP contribution in [0.15, 0.2) is 42.6 Å². The highest BCUT2D eigenvalue weighted by Crippen LogP contribution is 2.31. The van der Waals surface area contributed by atoms with E-state index in [4.69, 9.17) is 11.6 Å². The smallest absolute Gasteiger partial charge is 0.0780 e. The van der Waals surface area contributed by atoms with Crippen LogP contribution in [-0.4, -0.2) is 36.1 Å². The standard InChI is InChI=1S/C18H22ClN3/c1-14-5-3-9-21-17(14)18(15-6-2-7-16(19)13-15)22-11-4-8-20-10-12-22/h2-3,5-7,9,13,18,20H,4,8,10-12H2,1H3. The van der Waals surface area contributed by atoms with E-state index in [0.29, 0.717) is 0 Å². The summed E-state index contributed by atoms with van der Waals surface area (Å²) in [6.45, 7) is 6.33. The van der Waals surface area contributed by atoms with Crippen molar-refractivity contribution in [3.63, 3.8) is 0 Å². The Morgan fingerprint density at radius 2 is 2.09 bits per heavy atom. The van der Waals surface area contributed by atoms with E-state index in [-0.39, 0.29) is 6.04 Å². The molecule has 4 heteroatoms. The van der Waals surface area contributed by atoms with Crippen LogP contribution >= 0.6 is 11.6 Å². The van der Waals surface area contributed by atoms with Gasteiger partial charge < -0.3 is 5.32 Å². The van der Waals surface area contributed by atoms with E-state index in [2.05, 4.69) is 40.3 Å². The molecule has 1 aliphatic rings. The van der Waals surface area contributed by atoms with Crippen molar-refractivity contribution in [2.45, 2.75) is 19.4 Å². The number of aromatic nitrogens is 1. The summed E-state index contributed by atoms with van der Waals surface area (Å²) in [5.41, 5.74) is 3.58. The molecule has 0 saturated carbocycles. The molecule has 1 saturated heterocycles. The third-order valence-corrected chi connectivity index (χ3v) is 4.45. The molecule has 2 aromatic rings. The number of benzene rings is 1. The van der Waals surface area contributed by atoms with Crippen LogP contribution in [0.25, 0.3) is 0 Å². The highest BCUT2D eigenvalue weighted by atomic mass is 35.5. The number of rotatable bonds is 3. The lowest BCUT2D eigenvalue weighted by atomic mass is 9.98. The Labute approximate surface area is 137 Å². The second kappa shape index (κ2) is 7.23. The van der Waals surface area contributed by atoms with Gasteiger partial charge in [-0.2, -0.15) is 0 Å². The van der Waals surface area contributed by atoms with Crippen molar-refractivity contribution < 1.29 is 0 Å². The lowest BCUT2D eigenvalue weighted by Crippen LogP contribution is -2.33. The average Bonchev–Trinajstić information content (AvgIpc) is 2.79. The van der Waals surface area contributed by atoms with Crippen LogP contribution in [0, 0.1) is 6.92 Å². The van der Waals surface area contributed by atoms with Gasteiger partial charge in [0.15, 0.2) is 0 Å². The number of nitrogens with zero attached hydrogens (tertiary/aromatic N) is 2. The summed E-state index contributed by atoms with van der Waals surface area (Å²) in [4.78, 5) is 7.20. The molecule has 3 nitrogen and oxygen atoms in total. The van der Waals surface area contributed by atoms with E-state index in [1.165, 1.54) is 11.1 Å². The topological polar surface area (TPSA) is 28.2 Å². The summed E-state index contributed by atoms with van der Waals surface area (Å²) in [7, 11) is 0. The van der Waals surface area contributed by atoms with E-state index in [1.807, 2.05) is 24.4 Å². The predicted molar refractivity (Wildman–Crippen MR) is 91.3 cm³/mol. The second-order valence-electron chi connectivity index (χ2n) is 5.80.